The third-order valence-corrected chi connectivity index (χ3v) is 4.40. The van der Waals surface area contributed by atoms with Gasteiger partial charge in [-0.2, -0.15) is 0 Å². The highest BCUT2D eigenvalue weighted by molar-refractivity contribution is 5.93. The molecule has 1 aromatic rings. The number of hydrogen-bond donors (Lipinski definition) is 2. The molecule has 0 spiro atoms. The number of hydrogen-bond acceptors (Lipinski definition) is 3. The first kappa shape index (κ1) is 13.5. The van der Waals surface area contributed by atoms with Crippen LogP contribution in [0.5, 0.6) is 0 Å². The van der Waals surface area contributed by atoms with Crippen molar-refractivity contribution < 1.29 is 14.4 Å². The number of carbonyl (C=O) groups is 1. The van der Waals surface area contributed by atoms with Crippen molar-refractivity contribution in [2.45, 2.75) is 39.3 Å². The molecule has 0 aliphatic carbocycles. The predicted molar refractivity (Wildman–Crippen MR) is 72.0 cm³/mol. The van der Waals surface area contributed by atoms with Crippen molar-refractivity contribution >= 4 is 5.91 Å². The van der Waals surface area contributed by atoms with E-state index in [4.69, 9.17) is 5.21 Å². The molecule has 5 heteroatoms. The molecule has 0 bridgehead atoms. The lowest BCUT2D eigenvalue weighted by Crippen LogP contribution is -2.36. The summed E-state index contributed by atoms with van der Waals surface area (Å²) in [5.74, 6) is -1.01. The lowest BCUT2D eigenvalue weighted by Gasteiger charge is -2.31. The standard InChI is InChI=1S/C15H19FN2O2/c1-15(2)6-11-5-12-10(7-18(11)8-15)3-9(4-13(12)16)14(19)17-20/h3-4,11,20H,5-8H2,1-2H3,(H,17,19)/t11-/m0/s1. The van der Waals surface area contributed by atoms with Crippen LogP contribution in [0.2, 0.25) is 0 Å². The van der Waals surface area contributed by atoms with E-state index in [0.717, 1.165) is 24.1 Å². The maximum absolute atomic E-state index is 14.2. The van der Waals surface area contributed by atoms with Gasteiger partial charge < -0.3 is 0 Å². The van der Waals surface area contributed by atoms with Gasteiger partial charge in [0.15, 0.2) is 0 Å². The summed E-state index contributed by atoms with van der Waals surface area (Å²) in [7, 11) is 0. The van der Waals surface area contributed by atoms with Crippen LogP contribution in [0, 0.1) is 11.2 Å². The zero-order valence-corrected chi connectivity index (χ0v) is 11.7. The Balaban J connectivity index is 1.95. The van der Waals surface area contributed by atoms with Gasteiger partial charge in [-0.15, -0.1) is 0 Å². The molecule has 4 nitrogen and oxygen atoms in total. The number of nitrogens with zero attached hydrogens (tertiary/aromatic N) is 1. The highest BCUT2D eigenvalue weighted by Gasteiger charge is 2.40. The van der Waals surface area contributed by atoms with Crippen LogP contribution in [0.1, 0.15) is 41.8 Å². The fourth-order valence-corrected chi connectivity index (χ4v) is 3.61. The van der Waals surface area contributed by atoms with Gasteiger partial charge in [-0.25, -0.2) is 9.87 Å². The molecule has 1 saturated heterocycles. The molecule has 2 heterocycles. The molecule has 20 heavy (non-hydrogen) atoms. The highest BCUT2D eigenvalue weighted by atomic mass is 19.1. The third kappa shape index (κ3) is 2.21. The number of nitrogens with one attached hydrogen (secondary N) is 1. The fourth-order valence-electron chi connectivity index (χ4n) is 3.61. The van der Waals surface area contributed by atoms with Crippen LogP contribution in [-0.2, 0) is 13.0 Å². The predicted octanol–water partition coefficient (Wildman–Crippen LogP) is 2.10. The molecule has 1 amide bonds. The van der Waals surface area contributed by atoms with Crippen LogP contribution in [0.3, 0.4) is 0 Å². The number of amides is 1. The second-order valence-corrected chi connectivity index (χ2v) is 6.67. The van der Waals surface area contributed by atoms with Crippen LogP contribution in [0.15, 0.2) is 12.1 Å². The Morgan fingerprint density at radius 3 is 2.95 bits per heavy atom. The van der Waals surface area contributed by atoms with Crippen molar-refractivity contribution in [3.05, 3.63) is 34.6 Å². The molecule has 2 aliphatic heterocycles. The molecule has 2 aliphatic rings. The maximum Gasteiger partial charge on any atom is 0.274 e. The van der Waals surface area contributed by atoms with E-state index in [1.807, 2.05) is 0 Å². The number of fused-ring (bicyclic) bond motifs is 2. The smallest absolute Gasteiger partial charge is 0.274 e. The molecule has 1 aromatic carbocycles. The summed E-state index contributed by atoms with van der Waals surface area (Å²) in [5, 5.41) is 8.67. The minimum Gasteiger partial charge on any atom is -0.295 e. The summed E-state index contributed by atoms with van der Waals surface area (Å²) >= 11 is 0. The first-order valence-electron chi connectivity index (χ1n) is 6.89. The highest BCUT2D eigenvalue weighted by Crippen LogP contribution is 2.40. The summed E-state index contributed by atoms with van der Waals surface area (Å²) in [6.45, 7) is 6.13. The first-order valence-corrected chi connectivity index (χ1v) is 6.89. The van der Waals surface area contributed by atoms with Crippen molar-refractivity contribution in [1.82, 2.24) is 10.4 Å². The summed E-state index contributed by atoms with van der Waals surface area (Å²) in [5.41, 5.74) is 3.56. The van der Waals surface area contributed by atoms with Crippen LogP contribution < -0.4 is 5.48 Å². The Labute approximate surface area is 117 Å². The SMILES string of the molecule is CC1(C)C[C@@H]2Cc3c(F)cc(C(=O)NO)cc3CN2C1. The zero-order valence-electron chi connectivity index (χ0n) is 11.7. The minimum atomic E-state index is -0.671. The Morgan fingerprint density at radius 2 is 2.25 bits per heavy atom. The second kappa shape index (κ2) is 4.53. The quantitative estimate of drug-likeness (QED) is 0.611. The van der Waals surface area contributed by atoms with Crippen LogP contribution in [0.25, 0.3) is 0 Å². The van der Waals surface area contributed by atoms with Crippen molar-refractivity contribution in [3.8, 4) is 0 Å². The minimum absolute atomic E-state index is 0.167. The number of rotatable bonds is 1. The monoisotopic (exact) mass is 278 g/mol. The van der Waals surface area contributed by atoms with Crippen molar-refractivity contribution in [3.63, 3.8) is 0 Å². The normalized spacial score (nSPS) is 24.1. The first-order chi connectivity index (χ1) is 9.39. The molecule has 1 atom stereocenters. The summed E-state index contributed by atoms with van der Waals surface area (Å²) in [6, 6.07) is 3.29. The van der Waals surface area contributed by atoms with Crippen molar-refractivity contribution in [2.24, 2.45) is 5.41 Å². The summed E-state index contributed by atoms with van der Waals surface area (Å²) < 4.78 is 14.2. The van der Waals surface area contributed by atoms with Crippen LogP contribution in [0.4, 0.5) is 4.39 Å². The van der Waals surface area contributed by atoms with E-state index in [1.54, 1.807) is 11.5 Å². The lowest BCUT2D eigenvalue weighted by molar-refractivity contribution is 0.0705. The largest absolute Gasteiger partial charge is 0.295 e. The summed E-state index contributed by atoms with van der Waals surface area (Å²) in [6.07, 6.45) is 1.77. The third-order valence-electron chi connectivity index (χ3n) is 4.40. The Kier molecular flexibility index (Phi) is 3.06. The van der Waals surface area contributed by atoms with E-state index >= 15 is 0 Å². The molecule has 0 aromatic heterocycles. The van der Waals surface area contributed by atoms with Crippen LogP contribution >= 0.6 is 0 Å². The Bertz CT molecular complexity index is 571. The van der Waals surface area contributed by atoms with Gasteiger partial charge in [0.05, 0.1) is 0 Å². The van der Waals surface area contributed by atoms with Gasteiger partial charge in [-0.1, -0.05) is 13.8 Å². The van der Waals surface area contributed by atoms with Gasteiger partial charge in [0.2, 0.25) is 0 Å². The molecule has 2 N–H and O–H groups in total. The number of carbonyl (C=O) groups excluding carboxylic acids is 1. The zero-order chi connectivity index (χ0) is 14.5. The Morgan fingerprint density at radius 1 is 1.50 bits per heavy atom. The van der Waals surface area contributed by atoms with Crippen LogP contribution in [-0.4, -0.2) is 28.6 Å². The maximum atomic E-state index is 14.2. The average molecular weight is 278 g/mol. The van der Waals surface area contributed by atoms with Crippen molar-refractivity contribution in [1.29, 1.82) is 0 Å². The summed E-state index contributed by atoms with van der Waals surface area (Å²) in [4.78, 5) is 13.8. The molecule has 0 saturated carbocycles. The van der Waals surface area contributed by atoms with E-state index < -0.39 is 5.91 Å². The second-order valence-electron chi connectivity index (χ2n) is 6.67. The number of benzene rings is 1. The van der Waals surface area contributed by atoms with Crippen molar-refractivity contribution in [2.75, 3.05) is 6.54 Å². The molecular formula is C15H19FN2O2. The van der Waals surface area contributed by atoms with Gasteiger partial charge in [-0.05, 0) is 41.5 Å². The molecule has 0 radical (unpaired) electrons. The van der Waals surface area contributed by atoms with E-state index in [0.29, 0.717) is 19.0 Å². The molecule has 1 fully saturated rings. The average Bonchev–Trinajstić information content (AvgIpc) is 2.68. The molecule has 3 rings (SSSR count). The van der Waals surface area contributed by atoms with Gasteiger partial charge in [0.25, 0.3) is 5.91 Å². The van der Waals surface area contributed by atoms with E-state index in [-0.39, 0.29) is 16.8 Å². The molecular weight excluding hydrogens is 259 g/mol. The number of halogens is 1. The van der Waals surface area contributed by atoms with Gasteiger partial charge >= 0.3 is 0 Å². The fraction of sp³-hybridized carbons (Fsp3) is 0.533. The number of hydroxylamine groups is 1. The topological polar surface area (TPSA) is 52.6 Å². The van der Waals surface area contributed by atoms with Gasteiger partial charge in [0, 0.05) is 24.7 Å². The Hall–Kier alpha value is -1.46. The molecule has 0 unspecified atom stereocenters. The van der Waals surface area contributed by atoms with E-state index in [2.05, 4.69) is 18.7 Å². The van der Waals surface area contributed by atoms with E-state index in [1.165, 1.54) is 6.07 Å². The van der Waals surface area contributed by atoms with Gasteiger partial charge in [-0.3, -0.25) is 14.9 Å². The van der Waals surface area contributed by atoms with E-state index in [9.17, 15) is 9.18 Å². The lowest BCUT2D eigenvalue weighted by atomic mass is 9.87. The molecule has 108 valence electrons. The van der Waals surface area contributed by atoms with Gasteiger partial charge in [0.1, 0.15) is 5.82 Å².